The fourth-order valence-electron chi connectivity index (χ4n) is 1.62. The second-order valence-corrected chi connectivity index (χ2v) is 3.93. The van der Waals surface area contributed by atoms with Gasteiger partial charge < -0.3 is 4.74 Å². The molecule has 0 amide bonds. The minimum absolute atomic E-state index is 0.229. The summed E-state index contributed by atoms with van der Waals surface area (Å²) >= 11 is 0. The molecule has 0 atom stereocenters. The van der Waals surface area contributed by atoms with Crippen molar-refractivity contribution in [2.45, 2.75) is 13.3 Å². The van der Waals surface area contributed by atoms with E-state index in [1.807, 2.05) is 0 Å². The van der Waals surface area contributed by atoms with E-state index in [9.17, 15) is 18.0 Å². The first-order valence-corrected chi connectivity index (χ1v) is 5.53. The predicted molar refractivity (Wildman–Crippen MR) is 64.3 cm³/mol. The van der Waals surface area contributed by atoms with E-state index in [4.69, 9.17) is 0 Å². The molecule has 0 aliphatic rings. The Labute approximate surface area is 112 Å². The van der Waals surface area contributed by atoms with E-state index < -0.39 is 12.1 Å². The molecule has 0 fully saturated rings. The number of rotatable bonds is 3. The molecule has 1 aromatic heterocycles. The van der Waals surface area contributed by atoms with Gasteiger partial charge in [-0.05, 0) is 30.7 Å². The van der Waals surface area contributed by atoms with Gasteiger partial charge in [0.2, 0.25) is 0 Å². The Balaban J connectivity index is 2.46. The van der Waals surface area contributed by atoms with Crippen molar-refractivity contribution in [3.8, 4) is 16.9 Å². The highest BCUT2D eigenvalue weighted by molar-refractivity contribution is 5.87. The van der Waals surface area contributed by atoms with E-state index in [1.165, 1.54) is 18.5 Å². The molecular weight excluding hydrogens is 273 g/mol. The Hall–Kier alpha value is -2.44. The first-order chi connectivity index (χ1) is 9.39. The van der Waals surface area contributed by atoms with Gasteiger partial charge in [0, 0.05) is 23.5 Å². The summed E-state index contributed by atoms with van der Waals surface area (Å²) in [5.74, 6) is 0.114. The minimum atomic E-state index is -4.79. The molecule has 0 radical (unpaired) electrons. The van der Waals surface area contributed by atoms with Crippen LogP contribution in [0.3, 0.4) is 0 Å². The molecule has 0 aliphatic carbocycles. The molecule has 0 saturated carbocycles. The van der Waals surface area contributed by atoms with Crippen molar-refractivity contribution in [1.29, 1.82) is 0 Å². The van der Waals surface area contributed by atoms with Crippen LogP contribution in [0.5, 0.6) is 5.75 Å². The molecule has 0 spiro atoms. The van der Waals surface area contributed by atoms with E-state index >= 15 is 0 Å². The zero-order valence-corrected chi connectivity index (χ0v) is 10.3. The third-order valence-corrected chi connectivity index (χ3v) is 2.48. The van der Waals surface area contributed by atoms with E-state index in [-0.39, 0.29) is 11.1 Å². The predicted octanol–water partition coefficient (Wildman–Crippen LogP) is 3.16. The Kier molecular flexibility index (Phi) is 3.69. The molecule has 0 aliphatic heterocycles. The second kappa shape index (κ2) is 5.28. The summed E-state index contributed by atoms with van der Waals surface area (Å²) in [5.41, 5.74) is 0.944. The van der Waals surface area contributed by atoms with Crippen LogP contribution in [0.4, 0.5) is 13.2 Å². The maximum absolute atomic E-state index is 12.2. The van der Waals surface area contributed by atoms with E-state index in [0.717, 1.165) is 12.1 Å². The number of carbonyl (C=O) groups is 1. The van der Waals surface area contributed by atoms with Gasteiger partial charge in [-0.15, -0.1) is 13.2 Å². The average molecular weight is 282 g/mol. The van der Waals surface area contributed by atoms with Crippen molar-refractivity contribution < 1.29 is 22.7 Å². The third kappa shape index (κ3) is 3.31. The van der Waals surface area contributed by atoms with Crippen molar-refractivity contribution in [3.05, 3.63) is 42.0 Å². The summed E-state index contributed by atoms with van der Waals surface area (Å²) in [6.45, 7) is 1.67. The van der Waals surface area contributed by atoms with Gasteiger partial charge in [0.05, 0.1) is 0 Å². The maximum atomic E-state index is 12.2. The number of hydrogen-bond acceptors (Lipinski definition) is 4. The highest BCUT2D eigenvalue weighted by Crippen LogP contribution is 2.29. The highest BCUT2D eigenvalue weighted by atomic mass is 19.4. The van der Waals surface area contributed by atoms with Crippen LogP contribution in [0.15, 0.2) is 30.6 Å². The van der Waals surface area contributed by atoms with Crippen LogP contribution in [0.25, 0.3) is 11.1 Å². The van der Waals surface area contributed by atoms with Crippen molar-refractivity contribution in [2.24, 2.45) is 0 Å². The molecule has 0 saturated heterocycles. The van der Waals surface area contributed by atoms with Gasteiger partial charge in [-0.1, -0.05) is 0 Å². The molecule has 0 N–H and O–H groups in total. The molecule has 2 rings (SSSR count). The van der Waals surface area contributed by atoms with Gasteiger partial charge in [0.1, 0.15) is 11.6 Å². The summed E-state index contributed by atoms with van der Waals surface area (Å²) < 4.78 is 40.4. The van der Waals surface area contributed by atoms with E-state index in [0.29, 0.717) is 17.7 Å². The van der Waals surface area contributed by atoms with E-state index in [1.54, 1.807) is 6.92 Å². The van der Waals surface area contributed by atoms with Gasteiger partial charge in [0.25, 0.3) is 0 Å². The monoisotopic (exact) mass is 282 g/mol. The number of alkyl halides is 3. The third-order valence-electron chi connectivity index (χ3n) is 2.48. The summed E-state index contributed by atoms with van der Waals surface area (Å²) in [6, 6.07) is 3.46. The van der Waals surface area contributed by atoms with Crippen molar-refractivity contribution in [3.63, 3.8) is 0 Å². The summed E-state index contributed by atoms with van der Waals surface area (Å²) in [4.78, 5) is 18.9. The van der Waals surface area contributed by atoms with Crippen LogP contribution in [-0.4, -0.2) is 22.6 Å². The second-order valence-electron chi connectivity index (χ2n) is 3.93. The van der Waals surface area contributed by atoms with Crippen molar-refractivity contribution in [1.82, 2.24) is 9.97 Å². The number of halogens is 3. The summed E-state index contributed by atoms with van der Waals surface area (Å²) in [5, 5.41) is 0. The largest absolute Gasteiger partial charge is 0.573 e. The lowest BCUT2D eigenvalue weighted by atomic mass is 10.0. The Bertz CT molecular complexity index is 625. The highest BCUT2D eigenvalue weighted by Gasteiger charge is 2.31. The number of carbonyl (C=O) groups excluding carboxylic acids is 1. The fraction of sp³-hybridized carbons (Fsp3) is 0.154. The number of nitrogens with zero attached hydrogens (tertiary/aromatic N) is 2. The van der Waals surface area contributed by atoms with E-state index in [2.05, 4.69) is 14.7 Å². The summed E-state index contributed by atoms with van der Waals surface area (Å²) in [7, 11) is 0. The van der Waals surface area contributed by atoms with Gasteiger partial charge in [-0.2, -0.15) is 0 Å². The lowest BCUT2D eigenvalue weighted by Crippen LogP contribution is -2.17. The molecule has 104 valence electrons. The topological polar surface area (TPSA) is 52.1 Å². The van der Waals surface area contributed by atoms with Gasteiger partial charge in [-0.25, -0.2) is 9.97 Å². The Morgan fingerprint density at radius 1 is 1.20 bits per heavy atom. The smallest absolute Gasteiger partial charge is 0.406 e. The molecule has 0 unspecified atom stereocenters. The summed E-state index contributed by atoms with van der Waals surface area (Å²) in [6.07, 6.45) is -1.37. The normalized spacial score (nSPS) is 11.2. The number of benzene rings is 1. The lowest BCUT2D eigenvalue weighted by molar-refractivity contribution is -0.274. The molecule has 2 aromatic rings. The Morgan fingerprint density at radius 2 is 1.85 bits per heavy atom. The molecule has 1 heterocycles. The first-order valence-electron chi connectivity index (χ1n) is 5.53. The van der Waals surface area contributed by atoms with Crippen LogP contribution < -0.4 is 4.74 Å². The van der Waals surface area contributed by atoms with Gasteiger partial charge >= 0.3 is 6.36 Å². The standard InChI is InChI=1S/C13H9F3N2O2/c1-8-17-5-10(6-18-8)12-4-11(20-13(14,15)16)3-2-9(12)7-19/h2-7H,1H3. The van der Waals surface area contributed by atoms with Crippen LogP contribution in [-0.2, 0) is 0 Å². The van der Waals surface area contributed by atoms with Crippen LogP contribution in [0.2, 0.25) is 0 Å². The van der Waals surface area contributed by atoms with Crippen LogP contribution >= 0.6 is 0 Å². The molecule has 20 heavy (non-hydrogen) atoms. The number of ether oxygens (including phenoxy) is 1. The van der Waals surface area contributed by atoms with Crippen LogP contribution in [0.1, 0.15) is 16.2 Å². The average Bonchev–Trinajstić information content (AvgIpc) is 2.38. The zero-order chi connectivity index (χ0) is 14.8. The number of hydrogen-bond donors (Lipinski definition) is 0. The zero-order valence-electron chi connectivity index (χ0n) is 10.3. The van der Waals surface area contributed by atoms with Gasteiger partial charge in [0.15, 0.2) is 6.29 Å². The molecular formula is C13H9F3N2O2. The van der Waals surface area contributed by atoms with Crippen molar-refractivity contribution in [2.75, 3.05) is 0 Å². The Morgan fingerprint density at radius 3 is 2.40 bits per heavy atom. The number of aldehydes is 1. The number of aryl methyl sites for hydroxylation is 1. The minimum Gasteiger partial charge on any atom is -0.406 e. The first kappa shape index (κ1) is 14.0. The molecule has 0 bridgehead atoms. The number of aromatic nitrogens is 2. The molecule has 7 heteroatoms. The SMILES string of the molecule is Cc1ncc(-c2cc(OC(F)(F)F)ccc2C=O)cn1. The maximum Gasteiger partial charge on any atom is 0.573 e. The lowest BCUT2D eigenvalue weighted by Gasteiger charge is -2.11. The van der Waals surface area contributed by atoms with Crippen LogP contribution in [0, 0.1) is 6.92 Å². The fourth-order valence-corrected chi connectivity index (χ4v) is 1.62. The van der Waals surface area contributed by atoms with Crippen molar-refractivity contribution >= 4 is 6.29 Å². The molecule has 4 nitrogen and oxygen atoms in total. The van der Waals surface area contributed by atoms with Gasteiger partial charge in [-0.3, -0.25) is 4.79 Å². The quantitative estimate of drug-likeness (QED) is 0.811. The molecule has 1 aromatic carbocycles.